The predicted molar refractivity (Wildman–Crippen MR) is 120 cm³/mol. The van der Waals surface area contributed by atoms with Gasteiger partial charge in [-0.15, -0.1) is 0 Å². The number of hydrogen-bond acceptors (Lipinski definition) is 4. The molecule has 6 heteroatoms. The Bertz CT molecular complexity index is 953. The fourth-order valence-corrected chi connectivity index (χ4v) is 4.15. The van der Waals surface area contributed by atoms with Gasteiger partial charge in [0.15, 0.2) is 0 Å². The minimum Gasteiger partial charge on any atom is -0.497 e. The lowest BCUT2D eigenvalue weighted by molar-refractivity contribution is 0.218. The molecule has 2 aromatic carbocycles. The minimum absolute atomic E-state index is 0.0992. The Morgan fingerprint density at radius 1 is 1.03 bits per heavy atom. The predicted octanol–water partition coefficient (Wildman–Crippen LogP) is 4.51. The molecule has 2 unspecified atom stereocenters. The van der Waals surface area contributed by atoms with Crippen molar-refractivity contribution in [3.8, 4) is 5.75 Å². The van der Waals surface area contributed by atoms with Crippen LogP contribution >= 0.6 is 0 Å². The quantitative estimate of drug-likeness (QED) is 0.564. The number of furan rings is 1. The van der Waals surface area contributed by atoms with E-state index in [0.717, 1.165) is 30.0 Å². The third kappa shape index (κ3) is 5.27. The highest BCUT2D eigenvalue weighted by Gasteiger charge is 2.25. The van der Waals surface area contributed by atoms with Gasteiger partial charge in [-0.3, -0.25) is 4.90 Å². The average molecular weight is 420 g/mol. The molecule has 2 amide bonds. The molecule has 1 fully saturated rings. The van der Waals surface area contributed by atoms with Crippen LogP contribution in [0.2, 0.25) is 0 Å². The van der Waals surface area contributed by atoms with Crippen molar-refractivity contribution in [2.75, 3.05) is 26.7 Å². The Labute approximate surface area is 183 Å². The monoisotopic (exact) mass is 419 g/mol. The van der Waals surface area contributed by atoms with Gasteiger partial charge in [-0.25, -0.2) is 4.79 Å². The first-order chi connectivity index (χ1) is 15.2. The molecule has 2 atom stereocenters. The molecule has 3 aromatic rings. The van der Waals surface area contributed by atoms with Crippen LogP contribution in [0.25, 0.3) is 0 Å². The normalized spacial score (nSPS) is 15.9. The number of carbonyl (C=O) groups is 1. The number of likely N-dealkylation sites (tertiary alicyclic amines) is 1. The largest absolute Gasteiger partial charge is 0.497 e. The van der Waals surface area contributed by atoms with Gasteiger partial charge in [0.1, 0.15) is 17.6 Å². The first kappa shape index (κ1) is 21.0. The van der Waals surface area contributed by atoms with E-state index in [4.69, 9.17) is 9.15 Å². The first-order valence-corrected chi connectivity index (χ1v) is 10.8. The van der Waals surface area contributed by atoms with Crippen LogP contribution in [0.4, 0.5) is 4.79 Å². The Balaban J connectivity index is 1.46. The molecular formula is C25H29N3O3. The molecule has 2 N–H and O–H groups in total. The van der Waals surface area contributed by atoms with Gasteiger partial charge < -0.3 is 19.8 Å². The number of urea groups is 1. The van der Waals surface area contributed by atoms with Crippen LogP contribution in [0.1, 0.15) is 41.8 Å². The first-order valence-electron chi connectivity index (χ1n) is 10.8. The molecule has 162 valence electrons. The van der Waals surface area contributed by atoms with E-state index in [-0.39, 0.29) is 18.1 Å². The number of benzene rings is 2. The highest BCUT2D eigenvalue weighted by molar-refractivity contribution is 5.75. The second kappa shape index (κ2) is 10.2. The summed E-state index contributed by atoms with van der Waals surface area (Å²) in [6.07, 6.45) is 3.99. The van der Waals surface area contributed by atoms with Crippen LogP contribution in [0.15, 0.2) is 77.4 Å². The molecule has 0 radical (unpaired) electrons. The van der Waals surface area contributed by atoms with Crippen LogP contribution in [0.3, 0.4) is 0 Å². The smallest absolute Gasteiger partial charge is 0.315 e. The molecule has 0 saturated carbocycles. The van der Waals surface area contributed by atoms with Gasteiger partial charge in [0.25, 0.3) is 0 Å². The SMILES string of the molecule is COc1cccc(C(CNC(=O)NC(c2ccccc2)c2ccco2)N2CCCC2)c1. The summed E-state index contributed by atoms with van der Waals surface area (Å²) >= 11 is 0. The lowest BCUT2D eigenvalue weighted by atomic mass is 10.0. The number of rotatable bonds is 8. The van der Waals surface area contributed by atoms with Crippen molar-refractivity contribution in [1.82, 2.24) is 15.5 Å². The van der Waals surface area contributed by atoms with E-state index >= 15 is 0 Å². The summed E-state index contributed by atoms with van der Waals surface area (Å²) in [4.78, 5) is 15.3. The van der Waals surface area contributed by atoms with Gasteiger partial charge in [-0.1, -0.05) is 42.5 Å². The van der Waals surface area contributed by atoms with Crippen LogP contribution in [-0.4, -0.2) is 37.7 Å². The summed E-state index contributed by atoms with van der Waals surface area (Å²) in [5.41, 5.74) is 2.11. The molecule has 6 nitrogen and oxygen atoms in total. The zero-order valence-electron chi connectivity index (χ0n) is 17.8. The highest BCUT2D eigenvalue weighted by Crippen LogP contribution is 2.27. The Kier molecular flexibility index (Phi) is 6.89. The molecule has 0 bridgehead atoms. The number of methoxy groups -OCH3 is 1. The Hall–Kier alpha value is -3.25. The minimum atomic E-state index is -0.349. The van der Waals surface area contributed by atoms with Crippen LogP contribution in [0.5, 0.6) is 5.75 Å². The molecule has 1 aromatic heterocycles. The molecule has 1 aliphatic rings. The molecule has 31 heavy (non-hydrogen) atoms. The summed E-state index contributed by atoms with van der Waals surface area (Å²) < 4.78 is 11.0. The number of nitrogens with one attached hydrogen (secondary N) is 2. The maximum Gasteiger partial charge on any atom is 0.315 e. The number of amides is 2. The molecule has 4 rings (SSSR count). The molecule has 2 heterocycles. The van der Waals surface area contributed by atoms with Gasteiger partial charge in [0, 0.05) is 6.54 Å². The zero-order chi connectivity index (χ0) is 21.5. The second-order valence-electron chi connectivity index (χ2n) is 7.75. The number of carbonyl (C=O) groups excluding carboxylic acids is 1. The number of nitrogens with zero attached hydrogens (tertiary/aromatic N) is 1. The van der Waals surface area contributed by atoms with E-state index in [2.05, 4.69) is 27.7 Å². The maximum absolute atomic E-state index is 12.9. The lowest BCUT2D eigenvalue weighted by Crippen LogP contribution is -2.43. The fourth-order valence-electron chi connectivity index (χ4n) is 4.15. The van der Waals surface area contributed by atoms with E-state index in [0.29, 0.717) is 12.3 Å². The van der Waals surface area contributed by atoms with Gasteiger partial charge in [-0.2, -0.15) is 0 Å². The molecule has 0 spiro atoms. The van der Waals surface area contributed by atoms with E-state index in [9.17, 15) is 4.79 Å². The van der Waals surface area contributed by atoms with E-state index < -0.39 is 0 Å². The van der Waals surface area contributed by atoms with Crippen molar-refractivity contribution in [2.45, 2.75) is 24.9 Å². The van der Waals surface area contributed by atoms with Crippen molar-refractivity contribution in [1.29, 1.82) is 0 Å². The lowest BCUT2D eigenvalue weighted by Gasteiger charge is -2.29. The third-order valence-corrected chi connectivity index (χ3v) is 5.75. The van der Waals surface area contributed by atoms with Crippen LogP contribution < -0.4 is 15.4 Å². The van der Waals surface area contributed by atoms with Crippen molar-refractivity contribution >= 4 is 6.03 Å². The number of hydrogen-bond donors (Lipinski definition) is 2. The van der Waals surface area contributed by atoms with E-state index in [1.165, 1.54) is 12.8 Å². The second-order valence-corrected chi connectivity index (χ2v) is 7.75. The van der Waals surface area contributed by atoms with Gasteiger partial charge in [0.05, 0.1) is 19.4 Å². The Morgan fingerprint density at radius 3 is 2.52 bits per heavy atom. The zero-order valence-corrected chi connectivity index (χ0v) is 17.8. The van der Waals surface area contributed by atoms with Crippen molar-refractivity contribution in [3.05, 3.63) is 89.9 Å². The standard InChI is InChI=1S/C25H29N3O3/c1-30-21-12-7-11-20(17-21)22(28-14-5-6-15-28)18-26-25(29)27-24(23-13-8-16-31-23)19-9-3-2-4-10-19/h2-4,7-13,16-17,22,24H,5-6,14-15,18H2,1H3,(H2,26,27,29). The van der Waals surface area contributed by atoms with E-state index in [1.54, 1.807) is 13.4 Å². The highest BCUT2D eigenvalue weighted by atomic mass is 16.5. The summed E-state index contributed by atoms with van der Waals surface area (Å²) in [7, 11) is 1.67. The Morgan fingerprint density at radius 2 is 1.81 bits per heavy atom. The number of ether oxygens (including phenoxy) is 1. The summed E-state index contributed by atoms with van der Waals surface area (Å²) in [6, 6.07) is 21.2. The molecular weight excluding hydrogens is 390 g/mol. The fraction of sp³-hybridized carbons (Fsp3) is 0.320. The molecule has 1 saturated heterocycles. The summed E-state index contributed by atoms with van der Waals surface area (Å²) in [6.45, 7) is 2.58. The molecule has 0 aliphatic carbocycles. The van der Waals surface area contributed by atoms with Crippen molar-refractivity contribution < 1.29 is 13.9 Å². The van der Waals surface area contributed by atoms with Gasteiger partial charge >= 0.3 is 6.03 Å². The van der Waals surface area contributed by atoms with Crippen LogP contribution in [-0.2, 0) is 0 Å². The molecule has 1 aliphatic heterocycles. The van der Waals surface area contributed by atoms with Crippen LogP contribution in [0, 0.1) is 0 Å². The maximum atomic E-state index is 12.9. The van der Waals surface area contributed by atoms with Crippen molar-refractivity contribution in [2.24, 2.45) is 0 Å². The topological polar surface area (TPSA) is 66.7 Å². The third-order valence-electron chi connectivity index (χ3n) is 5.75. The summed E-state index contributed by atoms with van der Waals surface area (Å²) in [5.74, 6) is 1.53. The van der Waals surface area contributed by atoms with Gasteiger partial charge in [0.2, 0.25) is 0 Å². The summed E-state index contributed by atoms with van der Waals surface area (Å²) in [5, 5.41) is 6.15. The van der Waals surface area contributed by atoms with Crippen molar-refractivity contribution in [3.63, 3.8) is 0 Å². The average Bonchev–Trinajstić information content (AvgIpc) is 3.53. The van der Waals surface area contributed by atoms with E-state index in [1.807, 2.05) is 54.6 Å². The van der Waals surface area contributed by atoms with Gasteiger partial charge in [-0.05, 0) is 61.3 Å².